The van der Waals surface area contributed by atoms with Crippen molar-refractivity contribution in [2.75, 3.05) is 6.54 Å². The summed E-state index contributed by atoms with van der Waals surface area (Å²) in [4.78, 5) is 14.0. The predicted octanol–water partition coefficient (Wildman–Crippen LogP) is 5.06. The summed E-state index contributed by atoms with van der Waals surface area (Å²) in [6, 6.07) is 7.04. The summed E-state index contributed by atoms with van der Waals surface area (Å²) in [5.41, 5.74) is 2.80. The van der Waals surface area contributed by atoms with E-state index < -0.39 is 26.2 Å². The van der Waals surface area contributed by atoms with Crippen molar-refractivity contribution < 1.29 is 13.2 Å². The standard InChI is InChI=1S/C22H33NO3SSi2/c1-16-11-13-17(14-12-16)27(25,26)23-15-9-8-10-18-19(23)22(29(5,6)7)20(24)21(18)28(2,3)4/h11-14H,8-10,15H2,1-7H3. The van der Waals surface area contributed by atoms with Crippen molar-refractivity contribution in [3.8, 4) is 0 Å². The maximum atomic E-state index is 13.7. The van der Waals surface area contributed by atoms with Crippen LogP contribution >= 0.6 is 0 Å². The monoisotopic (exact) mass is 447 g/mol. The van der Waals surface area contributed by atoms with Gasteiger partial charge in [-0.15, -0.1) is 0 Å². The summed E-state index contributed by atoms with van der Waals surface area (Å²) in [6.07, 6.45) is 2.53. The third-order valence-corrected chi connectivity index (χ3v) is 11.5. The van der Waals surface area contributed by atoms with Gasteiger partial charge in [0.25, 0.3) is 10.0 Å². The lowest BCUT2D eigenvalue weighted by atomic mass is 10.1. The van der Waals surface area contributed by atoms with E-state index in [2.05, 4.69) is 39.3 Å². The Balaban J connectivity index is 2.30. The molecule has 0 atom stereocenters. The lowest BCUT2D eigenvalue weighted by Gasteiger charge is -2.29. The average molecular weight is 448 g/mol. The fourth-order valence-corrected chi connectivity index (χ4v) is 9.90. The summed E-state index contributed by atoms with van der Waals surface area (Å²) in [7, 11) is -7.70. The molecule has 1 fully saturated rings. The second-order valence-corrected chi connectivity index (χ2v) is 22.1. The molecular weight excluding hydrogens is 414 g/mol. The lowest BCUT2D eigenvalue weighted by Crippen LogP contribution is -2.37. The number of sulfonamides is 1. The Hall–Kier alpha value is -1.45. The van der Waals surface area contributed by atoms with Gasteiger partial charge in [-0.2, -0.15) is 0 Å². The molecule has 0 radical (unpaired) electrons. The highest BCUT2D eigenvalue weighted by Gasteiger charge is 2.47. The van der Waals surface area contributed by atoms with Gasteiger partial charge in [-0.25, -0.2) is 8.42 Å². The molecule has 0 amide bonds. The highest BCUT2D eigenvalue weighted by molar-refractivity contribution is 7.89. The Labute approximate surface area is 177 Å². The quantitative estimate of drug-likeness (QED) is 0.606. The van der Waals surface area contributed by atoms with Crippen molar-refractivity contribution >= 4 is 32.0 Å². The van der Waals surface area contributed by atoms with Crippen molar-refractivity contribution in [1.29, 1.82) is 0 Å². The van der Waals surface area contributed by atoms with Gasteiger partial charge in [0.1, 0.15) is 0 Å². The number of allylic oxidation sites excluding steroid dienone is 3. The maximum absolute atomic E-state index is 13.7. The first-order valence-electron chi connectivity index (χ1n) is 10.4. The van der Waals surface area contributed by atoms with E-state index >= 15 is 0 Å². The van der Waals surface area contributed by atoms with Crippen LogP contribution in [0.25, 0.3) is 0 Å². The second kappa shape index (κ2) is 7.36. The van der Waals surface area contributed by atoms with Crippen LogP contribution < -0.4 is 0 Å². The normalized spacial score (nSPS) is 19.0. The smallest absolute Gasteiger partial charge is 0.264 e. The summed E-state index contributed by atoms with van der Waals surface area (Å²) >= 11 is 0. The molecule has 7 heteroatoms. The van der Waals surface area contributed by atoms with Crippen LogP contribution in [0.5, 0.6) is 0 Å². The van der Waals surface area contributed by atoms with Crippen molar-refractivity contribution in [3.05, 3.63) is 51.5 Å². The van der Waals surface area contributed by atoms with Crippen LogP contribution in [0, 0.1) is 6.92 Å². The molecule has 1 aliphatic carbocycles. The zero-order valence-electron chi connectivity index (χ0n) is 18.7. The molecule has 3 rings (SSSR count). The maximum Gasteiger partial charge on any atom is 0.264 e. The Kier molecular flexibility index (Phi) is 5.64. The van der Waals surface area contributed by atoms with Crippen LogP contribution in [0.1, 0.15) is 24.8 Å². The number of aryl methyl sites for hydroxylation is 1. The number of hydrogen-bond acceptors (Lipinski definition) is 3. The molecule has 0 N–H and O–H groups in total. The third kappa shape index (κ3) is 3.96. The molecule has 0 unspecified atom stereocenters. The molecule has 1 aliphatic heterocycles. The fraction of sp³-hybridized carbons (Fsp3) is 0.500. The first-order valence-corrected chi connectivity index (χ1v) is 18.8. The largest absolute Gasteiger partial charge is 0.290 e. The molecule has 1 heterocycles. The number of Topliss-reactive ketones (excluding diaryl/α,β-unsaturated/α-hetero) is 1. The first-order chi connectivity index (χ1) is 13.3. The number of carbonyl (C=O) groups is 1. The summed E-state index contributed by atoms with van der Waals surface area (Å²) in [5, 5.41) is 1.76. The molecule has 1 saturated heterocycles. The summed E-state index contributed by atoms with van der Waals surface area (Å²) in [5.74, 6) is 0.138. The van der Waals surface area contributed by atoms with E-state index in [0.29, 0.717) is 11.4 Å². The van der Waals surface area contributed by atoms with Gasteiger partial charge >= 0.3 is 0 Å². The Bertz CT molecular complexity index is 1010. The van der Waals surface area contributed by atoms with E-state index in [1.807, 2.05) is 19.1 Å². The Morgan fingerprint density at radius 1 is 0.862 bits per heavy atom. The summed E-state index contributed by atoms with van der Waals surface area (Å²) < 4.78 is 29.0. The highest BCUT2D eigenvalue weighted by Crippen LogP contribution is 2.45. The van der Waals surface area contributed by atoms with Gasteiger partial charge in [0, 0.05) is 11.7 Å². The zero-order chi connectivity index (χ0) is 21.8. The fourth-order valence-electron chi connectivity index (χ4n) is 4.39. The lowest BCUT2D eigenvalue weighted by molar-refractivity contribution is -0.111. The van der Waals surface area contributed by atoms with Crippen molar-refractivity contribution in [2.24, 2.45) is 0 Å². The molecule has 0 aromatic heterocycles. The molecular formula is C22H33NO3SSi2. The van der Waals surface area contributed by atoms with Crippen molar-refractivity contribution in [3.63, 3.8) is 0 Å². The number of fused-ring (bicyclic) bond motifs is 1. The zero-order valence-corrected chi connectivity index (χ0v) is 21.5. The van der Waals surface area contributed by atoms with E-state index in [-0.39, 0.29) is 5.78 Å². The van der Waals surface area contributed by atoms with E-state index in [9.17, 15) is 13.2 Å². The van der Waals surface area contributed by atoms with Crippen LogP contribution in [0.15, 0.2) is 50.8 Å². The van der Waals surface area contributed by atoms with Crippen LogP contribution in [-0.4, -0.2) is 41.2 Å². The van der Waals surface area contributed by atoms with Gasteiger partial charge in [0.15, 0.2) is 5.78 Å². The van der Waals surface area contributed by atoms with Gasteiger partial charge in [-0.05, 0) is 49.1 Å². The van der Waals surface area contributed by atoms with Gasteiger partial charge in [-0.3, -0.25) is 9.10 Å². The summed E-state index contributed by atoms with van der Waals surface area (Å²) in [6.45, 7) is 15.4. The third-order valence-electron chi connectivity index (χ3n) is 5.67. The van der Waals surface area contributed by atoms with Crippen LogP contribution in [0.3, 0.4) is 0 Å². The molecule has 158 valence electrons. The highest BCUT2D eigenvalue weighted by atomic mass is 32.2. The van der Waals surface area contributed by atoms with Crippen LogP contribution in [0.4, 0.5) is 0 Å². The van der Waals surface area contributed by atoms with Gasteiger partial charge in [0.05, 0.1) is 26.7 Å². The van der Waals surface area contributed by atoms with Crippen LogP contribution in [0.2, 0.25) is 39.3 Å². The number of nitrogens with zero attached hydrogens (tertiary/aromatic N) is 1. The number of rotatable bonds is 4. The van der Waals surface area contributed by atoms with Gasteiger partial charge in [0.2, 0.25) is 0 Å². The average Bonchev–Trinajstić information content (AvgIpc) is 2.72. The van der Waals surface area contributed by atoms with Crippen molar-refractivity contribution in [1.82, 2.24) is 4.31 Å². The van der Waals surface area contributed by atoms with Gasteiger partial charge in [-0.1, -0.05) is 57.0 Å². The number of carbonyl (C=O) groups excluding carboxylic acids is 1. The molecule has 0 saturated carbocycles. The number of ketones is 1. The molecule has 29 heavy (non-hydrogen) atoms. The minimum atomic E-state index is -3.72. The molecule has 1 aromatic carbocycles. The van der Waals surface area contributed by atoms with E-state index in [1.165, 1.54) is 0 Å². The molecule has 0 spiro atoms. The van der Waals surface area contributed by atoms with Crippen LogP contribution in [-0.2, 0) is 14.8 Å². The molecule has 1 aromatic rings. The predicted molar refractivity (Wildman–Crippen MR) is 125 cm³/mol. The molecule has 0 bridgehead atoms. The van der Waals surface area contributed by atoms with E-state index in [4.69, 9.17) is 0 Å². The minimum absolute atomic E-state index is 0.138. The number of hydrogen-bond donors (Lipinski definition) is 0. The topological polar surface area (TPSA) is 54.5 Å². The molecule has 2 aliphatic rings. The molecule has 4 nitrogen and oxygen atoms in total. The van der Waals surface area contributed by atoms with Gasteiger partial charge < -0.3 is 0 Å². The van der Waals surface area contributed by atoms with E-state index in [0.717, 1.165) is 46.5 Å². The first kappa shape index (κ1) is 22.2. The minimum Gasteiger partial charge on any atom is -0.290 e. The van der Waals surface area contributed by atoms with Crippen molar-refractivity contribution in [2.45, 2.75) is 70.4 Å². The Morgan fingerprint density at radius 3 is 1.93 bits per heavy atom. The second-order valence-electron chi connectivity index (χ2n) is 10.3. The number of benzene rings is 1. The SMILES string of the molecule is Cc1ccc(S(=O)(=O)N2CCCCC3=C([Si](C)(C)C)C(=O)C([Si](C)(C)C)=C32)cc1. The van der Waals surface area contributed by atoms with E-state index in [1.54, 1.807) is 16.4 Å². The Morgan fingerprint density at radius 2 is 1.41 bits per heavy atom.